The van der Waals surface area contributed by atoms with Gasteiger partial charge in [0.05, 0.1) is 11.2 Å². The maximum absolute atomic E-state index is 10.4. The van der Waals surface area contributed by atoms with Crippen molar-refractivity contribution in [1.29, 1.82) is 0 Å². The molecule has 1 heterocycles. The zero-order valence-corrected chi connectivity index (χ0v) is 14.9. The van der Waals surface area contributed by atoms with Gasteiger partial charge in [0.2, 0.25) is 0 Å². The minimum absolute atomic E-state index is 0.306. The van der Waals surface area contributed by atoms with Crippen molar-refractivity contribution in [2.45, 2.75) is 26.2 Å². The first-order chi connectivity index (χ1) is 12.7. The fourth-order valence-corrected chi connectivity index (χ4v) is 4.39. The average molecular weight is 339 g/mol. The SMILES string of the molecule is CC1CCc2c(c(-c3ccccc3O)nc3ccc4ccccc4c23)C1. The summed E-state index contributed by atoms with van der Waals surface area (Å²) >= 11 is 0. The van der Waals surface area contributed by atoms with Gasteiger partial charge in [0.1, 0.15) is 5.75 Å². The minimum Gasteiger partial charge on any atom is -0.507 e. The molecule has 1 aliphatic rings. The molecular formula is C24H21NO. The van der Waals surface area contributed by atoms with Gasteiger partial charge in [0.15, 0.2) is 0 Å². The monoisotopic (exact) mass is 339 g/mol. The number of nitrogens with zero attached hydrogens (tertiary/aromatic N) is 1. The Kier molecular flexibility index (Phi) is 3.46. The van der Waals surface area contributed by atoms with E-state index < -0.39 is 0 Å². The van der Waals surface area contributed by atoms with E-state index in [1.165, 1.54) is 33.7 Å². The van der Waals surface area contributed by atoms with E-state index in [2.05, 4.69) is 43.3 Å². The molecule has 3 aromatic carbocycles. The Labute approximate surface area is 153 Å². The van der Waals surface area contributed by atoms with Crippen LogP contribution in [-0.2, 0) is 12.8 Å². The summed E-state index contributed by atoms with van der Waals surface area (Å²) in [6.07, 6.45) is 3.30. The number of pyridine rings is 1. The predicted molar refractivity (Wildman–Crippen MR) is 108 cm³/mol. The van der Waals surface area contributed by atoms with Gasteiger partial charge < -0.3 is 5.11 Å². The fourth-order valence-electron chi connectivity index (χ4n) is 4.39. The highest BCUT2D eigenvalue weighted by Crippen LogP contribution is 2.41. The molecule has 0 radical (unpaired) electrons. The van der Waals surface area contributed by atoms with Gasteiger partial charge in [-0.2, -0.15) is 0 Å². The first-order valence-corrected chi connectivity index (χ1v) is 9.34. The number of aryl methyl sites for hydroxylation is 1. The van der Waals surface area contributed by atoms with E-state index in [0.29, 0.717) is 11.7 Å². The second-order valence-electron chi connectivity index (χ2n) is 7.46. The normalized spacial score (nSPS) is 16.7. The molecule has 1 aliphatic carbocycles. The van der Waals surface area contributed by atoms with Crippen molar-refractivity contribution in [2.75, 3.05) is 0 Å². The van der Waals surface area contributed by atoms with Crippen LogP contribution in [0.25, 0.3) is 32.9 Å². The Morgan fingerprint density at radius 1 is 0.923 bits per heavy atom. The molecule has 0 fully saturated rings. The van der Waals surface area contributed by atoms with Crippen molar-refractivity contribution >= 4 is 21.7 Å². The molecule has 128 valence electrons. The summed E-state index contributed by atoms with van der Waals surface area (Å²) in [5.41, 5.74) is 5.55. The molecule has 0 saturated heterocycles. The highest BCUT2D eigenvalue weighted by Gasteiger charge is 2.24. The van der Waals surface area contributed by atoms with Gasteiger partial charge in [-0.05, 0) is 65.3 Å². The Morgan fingerprint density at radius 3 is 2.62 bits per heavy atom. The molecule has 0 bridgehead atoms. The molecule has 1 unspecified atom stereocenters. The fraction of sp³-hybridized carbons (Fsp3) is 0.208. The van der Waals surface area contributed by atoms with Gasteiger partial charge in [0, 0.05) is 10.9 Å². The number of hydrogen-bond acceptors (Lipinski definition) is 2. The second-order valence-corrected chi connectivity index (χ2v) is 7.46. The van der Waals surface area contributed by atoms with Gasteiger partial charge in [-0.1, -0.05) is 49.4 Å². The molecule has 5 rings (SSSR count). The molecule has 0 saturated carbocycles. The molecule has 1 atom stereocenters. The Balaban J connectivity index is 1.92. The largest absolute Gasteiger partial charge is 0.507 e. The number of para-hydroxylation sites is 1. The molecule has 26 heavy (non-hydrogen) atoms. The van der Waals surface area contributed by atoms with Gasteiger partial charge in [-0.15, -0.1) is 0 Å². The molecular weight excluding hydrogens is 318 g/mol. The topological polar surface area (TPSA) is 33.1 Å². The highest BCUT2D eigenvalue weighted by molar-refractivity contribution is 6.09. The van der Waals surface area contributed by atoms with Crippen LogP contribution in [0.4, 0.5) is 0 Å². The van der Waals surface area contributed by atoms with Crippen LogP contribution in [0.1, 0.15) is 24.5 Å². The summed E-state index contributed by atoms with van der Waals surface area (Å²) < 4.78 is 0. The molecule has 2 heteroatoms. The van der Waals surface area contributed by atoms with E-state index in [0.717, 1.165) is 29.6 Å². The molecule has 1 N–H and O–H groups in total. The van der Waals surface area contributed by atoms with Crippen LogP contribution in [0.2, 0.25) is 0 Å². The van der Waals surface area contributed by atoms with Crippen LogP contribution in [0.5, 0.6) is 5.75 Å². The predicted octanol–water partition coefficient (Wildman–Crippen LogP) is 5.89. The van der Waals surface area contributed by atoms with Crippen molar-refractivity contribution in [2.24, 2.45) is 5.92 Å². The molecule has 1 aromatic heterocycles. The van der Waals surface area contributed by atoms with Gasteiger partial charge in [-0.3, -0.25) is 0 Å². The third kappa shape index (κ3) is 2.29. The second kappa shape index (κ2) is 5.84. The lowest BCUT2D eigenvalue weighted by Crippen LogP contribution is -2.14. The van der Waals surface area contributed by atoms with Crippen LogP contribution < -0.4 is 0 Å². The zero-order valence-electron chi connectivity index (χ0n) is 14.9. The number of aromatic hydroxyl groups is 1. The van der Waals surface area contributed by atoms with Crippen molar-refractivity contribution in [3.63, 3.8) is 0 Å². The smallest absolute Gasteiger partial charge is 0.124 e. The number of aromatic nitrogens is 1. The summed E-state index contributed by atoms with van der Waals surface area (Å²) in [5.74, 6) is 0.946. The van der Waals surface area contributed by atoms with Crippen LogP contribution >= 0.6 is 0 Å². The molecule has 0 aliphatic heterocycles. The third-order valence-electron chi connectivity index (χ3n) is 5.69. The summed E-state index contributed by atoms with van der Waals surface area (Å²) in [5, 5.41) is 14.3. The number of benzene rings is 3. The highest BCUT2D eigenvalue weighted by atomic mass is 16.3. The Bertz CT molecular complexity index is 1150. The van der Waals surface area contributed by atoms with Crippen LogP contribution in [0.3, 0.4) is 0 Å². The quantitative estimate of drug-likeness (QED) is 0.439. The van der Waals surface area contributed by atoms with Crippen molar-refractivity contribution in [3.05, 3.63) is 71.8 Å². The molecule has 2 nitrogen and oxygen atoms in total. The van der Waals surface area contributed by atoms with Crippen LogP contribution in [0.15, 0.2) is 60.7 Å². The first kappa shape index (κ1) is 15.4. The van der Waals surface area contributed by atoms with Crippen LogP contribution in [0, 0.1) is 5.92 Å². The first-order valence-electron chi connectivity index (χ1n) is 9.34. The third-order valence-corrected chi connectivity index (χ3v) is 5.69. The van der Waals surface area contributed by atoms with E-state index in [-0.39, 0.29) is 0 Å². The maximum Gasteiger partial charge on any atom is 0.124 e. The summed E-state index contributed by atoms with van der Waals surface area (Å²) in [6.45, 7) is 2.31. The summed E-state index contributed by atoms with van der Waals surface area (Å²) in [4.78, 5) is 5.04. The number of rotatable bonds is 1. The van der Waals surface area contributed by atoms with E-state index in [1.807, 2.05) is 18.2 Å². The minimum atomic E-state index is 0.306. The lowest BCUT2D eigenvalue weighted by atomic mass is 9.80. The summed E-state index contributed by atoms with van der Waals surface area (Å²) in [6, 6.07) is 20.4. The average Bonchev–Trinajstić information content (AvgIpc) is 2.67. The standard InChI is InChI=1S/C24H21NO/c1-15-10-12-18-20(14-15)24(19-8-4-5-9-22(19)26)25-21-13-11-16-6-2-3-7-17(16)23(18)21/h2-9,11,13,15,26H,10,12,14H2,1H3. The zero-order chi connectivity index (χ0) is 17.7. The lowest BCUT2D eigenvalue weighted by Gasteiger charge is -2.26. The number of fused-ring (bicyclic) bond motifs is 5. The van der Waals surface area contributed by atoms with Gasteiger partial charge >= 0.3 is 0 Å². The van der Waals surface area contributed by atoms with Crippen molar-refractivity contribution < 1.29 is 5.11 Å². The van der Waals surface area contributed by atoms with E-state index in [4.69, 9.17) is 4.98 Å². The molecule has 0 amide bonds. The van der Waals surface area contributed by atoms with Crippen molar-refractivity contribution in [1.82, 2.24) is 4.98 Å². The molecule has 4 aromatic rings. The van der Waals surface area contributed by atoms with E-state index in [1.54, 1.807) is 6.07 Å². The van der Waals surface area contributed by atoms with Gasteiger partial charge in [0.25, 0.3) is 0 Å². The Morgan fingerprint density at radius 2 is 1.73 bits per heavy atom. The summed E-state index contributed by atoms with van der Waals surface area (Å²) in [7, 11) is 0. The number of phenols is 1. The van der Waals surface area contributed by atoms with Crippen LogP contribution in [-0.4, -0.2) is 10.1 Å². The molecule has 0 spiro atoms. The number of hydrogen-bond donors (Lipinski definition) is 1. The van der Waals surface area contributed by atoms with Gasteiger partial charge in [-0.25, -0.2) is 4.98 Å². The van der Waals surface area contributed by atoms with E-state index in [9.17, 15) is 5.11 Å². The lowest BCUT2D eigenvalue weighted by molar-refractivity contribution is 0.476. The maximum atomic E-state index is 10.4. The van der Waals surface area contributed by atoms with E-state index >= 15 is 0 Å². The Hall–Kier alpha value is -2.87. The number of phenolic OH excluding ortho intramolecular Hbond substituents is 1. The van der Waals surface area contributed by atoms with Crippen molar-refractivity contribution in [3.8, 4) is 17.0 Å².